The molecule has 0 bridgehead atoms. The number of piperidine rings is 1. The Morgan fingerprint density at radius 3 is 2.86 bits per heavy atom. The zero-order valence-corrected chi connectivity index (χ0v) is 9.13. The van der Waals surface area contributed by atoms with E-state index in [2.05, 4.69) is 16.8 Å². The Balaban J connectivity index is 2.01. The van der Waals surface area contributed by atoms with Gasteiger partial charge in [0.15, 0.2) is 0 Å². The zero-order valence-electron chi connectivity index (χ0n) is 8.37. The summed E-state index contributed by atoms with van der Waals surface area (Å²) in [6.07, 6.45) is 4.08. The predicted octanol–water partition coefficient (Wildman–Crippen LogP) is 2.65. The topological polar surface area (TPSA) is 29.3 Å². The number of anilines is 1. The van der Waals surface area contributed by atoms with Gasteiger partial charge < -0.3 is 9.32 Å². The predicted molar refractivity (Wildman–Crippen MR) is 56.7 cm³/mol. The van der Waals surface area contributed by atoms with Crippen molar-refractivity contribution in [2.45, 2.75) is 25.6 Å². The fraction of sp³-hybridized carbons (Fsp3) is 0.700. The Hall–Kier alpha value is -0.700. The molecule has 0 atom stereocenters. The van der Waals surface area contributed by atoms with Crippen LogP contribution in [-0.4, -0.2) is 18.1 Å². The van der Waals surface area contributed by atoms with Gasteiger partial charge in [-0.3, -0.25) is 0 Å². The molecule has 14 heavy (non-hydrogen) atoms. The lowest BCUT2D eigenvalue weighted by molar-refractivity contribution is 0.413. The Bertz CT molecular complexity index is 292. The number of oxazole rings is 1. The molecule has 78 valence electrons. The van der Waals surface area contributed by atoms with Crippen LogP contribution in [0.4, 0.5) is 6.01 Å². The molecule has 1 aromatic heterocycles. The van der Waals surface area contributed by atoms with Gasteiger partial charge in [0.1, 0.15) is 6.26 Å². The maximum Gasteiger partial charge on any atom is 0.297 e. The molecule has 0 amide bonds. The highest BCUT2D eigenvalue weighted by Gasteiger charge is 2.19. The van der Waals surface area contributed by atoms with Crippen molar-refractivity contribution >= 4 is 17.6 Å². The minimum Gasteiger partial charge on any atom is -0.432 e. The quantitative estimate of drug-likeness (QED) is 0.709. The third-order valence-electron chi connectivity index (χ3n) is 2.73. The number of rotatable bonds is 2. The molecule has 1 aliphatic rings. The van der Waals surface area contributed by atoms with E-state index in [9.17, 15) is 0 Å². The third-order valence-corrected chi connectivity index (χ3v) is 3.00. The van der Waals surface area contributed by atoms with Crippen LogP contribution in [0.2, 0.25) is 0 Å². The van der Waals surface area contributed by atoms with Gasteiger partial charge in [0.05, 0.1) is 11.6 Å². The normalized spacial score (nSPS) is 18.9. The van der Waals surface area contributed by atoms with Gasteiger partial charge in [-0.15, -0.1) is 11.6 Å². The molecule has 0 saturated carbocycles. The van der Waals surface area contributed by atoms with Gasteiger partial charge in [0.25, 0.3) is 6.01 Å². The van der Waals surface area contributed by atoms with Crippen LogP contribution in [0, 0.1) is 5.92 Å². The maximum absolute atomic E-state index is 5.66. The van der Waals surface area contributed by atoms with E-state index in [1.807, 2.05) is 0 Å². The molecule has 4 heteroatoms. The Kier molecular flexibility index (Phi) is 2.96. The number of aromatic nitrogens is 1. The van der Waals surface area contributed by atoms with E-state index in [0.717, 1.165) is 30.7 Å². The zero-order chi connectivity index (χ0) is 9.97. The van der Waals surface area contributed by atoms with E-state index in [0.29, 0.717) is 5.88 Å². The lowest BCUT2D eigenvalue weighted by atomic mass is 10.00. The van der Waals surface area contributed by atoms with Crippen LogP contribution in [0.3, 0.4) is 0 Å². The summed E-state index contributed by atoms with van der Waals surface area (Å²) in [5, 5.41) is 0. The molecule has 1 aliphatic heterocycles. The summed E-state index contributed by atoms with van der Waals surface area (Å²) in [6, 6.07) is 0.729. The number of hydrogen-bond acceptors (Lipinski definition) is 3. The summed E-state index contributed by atoms with van der Waals surface area (Å²) in [5.41, 5.74) is 0.820. The molecule has 2 heterocycles. The van der Waals surface area contributed by atoms with Gasteiger partial charge in [0.2, 0.25) is 0 Å². The molecule has 0 N–H and O–H groups in total. The molecule has 0 aliphatic carbocycles. The molecule has 0 radical (unpaired) electrons. The van der Waals surface area contributed by atoms with Crippen molar-refractivity contribution in [2.24, 2.45) is 5.92 Å². The second-order valence-corrected chi connectivity index (χ2v) is 4.19. The molecule has 0 spiro atoms. The molecule has 1 fully saturated rings. The fourth-order valence-corrected chi connectivity index (χ4v) is 1.83. The molecular formula is C10H15ClN2O. The first-order chi connectivity index (χ1) is 6.79. The van der Waals surface area contributed by atoms with Crippen LogP contribution in [0.15, 0.2) is 10.7 Å². The van der Waals surface area contributed by atoms with Crippen LogP contribution in [0.1, 0.15) is 25.5 Å². The van der Waals surface area contributed by atoms with Gasteiger partial charge >= 0.3 is 0 Å². The minimum atomic E-state index is 0.424. The van der Waals surface area contributed by atoms with E-state index < -0.39 is 0 Å². The smallest absolute Gasteiger partial charge is 0.297 e. The van der Waals surface area contributed by atoms with Crippen molar-refractivity contribution in [3.63, 3.8) is 0 Å². The lowest BCUT2D eigenvalue weighted by Crippen LogP contribution is -2.32. The van der Waals surface area contributed by atoms with Gasteiger partial charge in [0, 0.05) is 13.1 Å². The van der Waals surface area contributed by atoms with Gasteiger partial charge in [-0.1, -0.05) is 6.92 Å². The monoisotopic (exact) mass is 214 g/mol. The van der Waals surface area contributed by atoms with Gasteiger partial charge in [-0.05, 0) is 18.8 Å². The molecule has 0 unspecified atom stereocenters. The molecule has 2 rings (SSSR count). The summed E-state index contributed by atoms with van der Waals surface area (Å²) in [7, 11) is 0. The van der Waals surface area contributed by atoms with Crippen molar-refractivity contribution in [3.8, 4) is 0 Å². The molecular weight excluding hydrogens is 200 g/mol. The van der Waals surface area contributed by atoms with Gasteiger partial charge in [-0.2, -0.15) is 4.98 Å². The summed E-state index contributed by atoms with van der Waals surface area (Å²) in [6.45, 7) is 4.38. The molecule has 3 nitrogen and oxygen atoms in total. The average molecular weight is 215 g/mol. The van der Waals surface area contributed by atoms with Crippen LogP contribution in [0.25, 0.3) is 0 Å². The van der Waals surface area contributed by atoms with Crippen molar-refractivity contribution in [3.05, 3.63) is 12.0 Å². The summed E-state index contributed by atoms with van der Waals surface area (Å²) in [4.78, 5) is 6.50. The number of alkyl halides is 1. The highest BCUT2D eigenvalue weighted by atomic mass is 35.5. The summed E-state index contributed by atoms with van der Waals surface area (Å²) < 4.78 is 5.36. The van der Waals surface area contributed by atoms with Crippen LogP contribution < -0.4 is 4.90 Å². The third kappa shape index (κ3) is 2.03. The Morgan fingerprint density at radius 1 is 1.57 bits per heavy atom. The Morgan fingerprint density at radius 2 is 2.29 bits per heavy atom. The van der Waals surface area contributed by atoms with E-state index in [-0.39, 0.29) is 0 Å². The summed E-state index contributed by atoms with van der Waals surface area (Å²) >= 11 is 5.66. The van der Waals surface area contributed by atoms with Crippen molar-refractivity contribution in [1.82, 2.24) is 4.98 Å². The molecule has 1 aromatic rings. The average Bonchev–Trinajstić information content (AvgIpc) is 2.67. The van der Waals surface area contributed by atoms with E-state index in [4.69, 9.17) is 16.0 Å². The van der Waals surface area contributed by atoms with Crippen molar-refractivity contribution in [2.75, 3.05) is 18.0 Å². The fourth-order valence-electron chi connectivity index (χ4n) is 1.70. The minimum absolute atomic E-state index is 0.424. The SMILES string of the molecule is CC1CCN(c2nc(CCl)co2)CC1. The maximum atomic E-state index is 5.66. The van der Waals surface area contributed by atoms with E-state index >= 15 is 0 Å². The van der Waals surface area contributed by atoms with Crippen molar-refractivity contribution in [1.29, 1.82) is 0 Å². The second kappa shape index (κ2) is 4.22. The number of hydrogen-bond donors (Lipinski definition) is 0. The largest absolute Gasteiger partial charge is 0.432 e. The number of halogens is 1. The van der Waals surface area contributed by atoms with Crippen LogP contribution in [-0.2, 0) is 5.88 Å². The number of nitrogens with zero attached hydrogens (tertiary/aromatic N) is 2. The molecule has 0 aromatic carbocycles. The van der Waals surface area contributed by atoms with Gasteiger partial charge in [-0.25, -0.2) is 0 Å². The molecule has 1 saturated heterocycles. The first-order valence-electron chi connectivity index (χ1n) is 5.05. The van der Waals surface area contributed by atoms with E-state index in [1.54, 1.807) is 6.26 Å². The summed E-state index contributed by atoms with van der Waals surface area (Å²) in [5.74, 6) is 1.25. The highest BCUT2D eigenvalue weighted by Crippen LogP contribution is 2.22. The van der Waals surface area contributed by atoms with Crippen LogP contribution in [0.5, 0.6) is 0 Å². The van der Waals surface area contributed by atoms with Crippen LogP contribution >= 0.6 is 11.6 Å². The first kappa shape index (κ1) is 9.84. The second-order valence-electron chi connectivity index (χ2n) is 3.92. The van der Waals surface area contributed by atoms with Crippen molar-refractivity contribution < 1.29 is 4.42 Å². The Labute approximate surface area is 89.1 Å². The van der Waals surface area contributed by atoms with E-state index in [1.165, 1.54) is 12.8 Å². The lowest BCUT2D eigenvalue weighted by Gasteiger charge is -2.28. The highest BCUT2D eigenvalue weighted by molar-refractivity contribution is 6.16. The standard InChI is InChI=1S/C10H15ClN2O/c1-8-2-4-13(5-3-8)10-12-9(6-11)7-14-10/h7-8H,2-6H2,1H3. The first-order valence-corrected chi connectivity index (χ1v) is 5.58.